The van der Waals surface area contributed by atoms with E-state index in [2.05, 4.69) is 15.5 Å². The summed E-state index contributed by atoms with van der Waals surface area (Å²) in [6.45, 7) is 4.34. The van der Waals surface area contributed by atoms with Crippen LogP contribution in [0.3, 0.4) is 0 Å². The van der Waals surface area contributed by atoms with Gasteiger partial charge >= 0.3 is 6.09 Å². The van der Waals surface area contributed by atoms with Gasteiger partial charge in [0.15, 0.2) is 0 Å². The summed E-state index contributed by atoms with van der Waals surface area (Å²) < 4.78 is 10.5. The van der Waals surface area contributed by atoms with E-state index in [1.807, 2.05) is 19.9 Å². The van der Waals surface area contributed by atoms with Crippen molar-refractivity contribution < 1.29 is 13.9 Å². The fourth-order valence-corrected chi connectivity index (χ4v) is 1.50. The van der Waals surface area contributed by atoms with Crippen molar-refractivity contribution in [3.05, 3.63) is 42.1 Å². The van der Waals surface area contributed by atoms with Crippen LogP contribution in [0.25, 0.3) is 0 Å². The molecule has 0 saturated carbocycles. The van der Waals surface area contributed by atoms with E-state index in [9.17, 15) is 4.79 Å². The van der Waals surface area contributed by atoms with Crippen LogP contribution in [0.4, 0.5) is 4.79 Å². The summed E-state index contributed by atoms with van der Waals surface area (Å²) in [6.07, 6.45) is -0.0244. The lowest BCUT2D eigenvalue weighted by Gasteiger charge is -2.04. The fourth-order valence-electron chi connectivity index (χ4n) is 1.50. The SMILES string of the molecule is CC(C)c1nnc(CCNC(=O)Oc2ccccc2)o1. The van der Waals surface area contributed by atoms with Crippen molar-refractivity contribution in [2.45, 2.75) is 26.2 Å². The number of carbonyl (C=O) groups excluding carboxylic acids is 1. The van der Waals surface area contributed by atoms with Crippen molar-refractivity contribution in [3.8, 4) is 5.75 Å². The molecule has 0 unspecified atom stereocenters. The monoisotopic (exact) mass is 275 g/mol. The molecule has 1 amide bonds. The van der Waals surface area contributed by atoms with Crippen molar-refractivity contribution in [3.63, 3.8) is 0 Å². The quantitative estimate of drug-likeness (QED) is 0.907. The average Bonchev–Trinajstić information content (AvgIpc) is 2.89. The second-order valence-electron chi connectivity index (χ2n) is 4.57. The van der Waals surface area contributed by atoms with E-state index in [-0.39, 0.29) is 5.92 Å². The second kappa shape index (κ2) is 6.70. The highest BCUT2D eigenvalue weighted by Crippen LogP contribution is 2.12. The average molecular weight is 275 g/mol. The molecule has 1 aromatic carbocycles. The van der Waals surface area contributed by atoms with Gasteiger partial charge in [-0.2, -0.15) is 0 Å². The number of hydrogen-bond donors (Lipinski definition) is 1. The highest BCUT2D eigenvalue weighted by Gasteiger charge is 2.10. The van der Waals surface area contributed by atoms with Crippen LogP contribution in [0.1, 0.15) is 31.5 Å². The first-order valence-corrected chi connectivity index (χ1v) is 6.48. The third-order valence-corrected chi connectivity index (χ3v) is 2.54. The smallest absolute Gasteiger partial charge is 0.412 e. The van der Waals surface area contributed by atoms with E-state index in [0.717, 1.165) is 0 Å². The molecule has 6 nitrogen and oxygen atoms in total. The first-order valence-electron chi connectivity index (χ1n) is 6.48. The maximum Gasteiger partial charge on any atom is 0.412 e. The van der Waals surface area contributed by atoms with Gasteiger partial charge in [-0.25, -0.2) is 4.79 Å². The minimum atomic E-state index is -0.500. The minimum absolute atomic E-state index is 0.201. The van der Waals surface area contributed by atoms with E-state index in [1.165, 1.54) is 0 Å². The molecular weight excluding hydrogens is 258 g/mol. The molecule has 0 aliphatic carbocycles. The zero-order valence-corrected chi connectivity index (χ0v) is 11.5. The molecule has 6 heteroatoms. The Labute approximate surface area is 117 Å². The van der Waals surface area contributed by atoms with Gasteiger partial charge in [-0.3, -0.25) is 0 Å². The molecule has 1 heterocycles. The Morgan fingerprint density at radius 2 is 2.05 bits per heavy atom. The summed E-state index contributed by atoms with van der Waals surface area (Å²) in [4.78, 5) is 11.5. The number of ether oxygens (including phenoxy) is 1. The molecule has 0 aliphatic rings. The number of nitrogens with zero attached hydrogens (tertiary/aromatic N) is 2. The summed E-state index contributed by atoms with van der Waals surface area (Å²) in [6, 6.07) is 8.88. The molecule has 0 radical (unpaired) electrons. The molecule has 0 aliphatic heterocycles. The molecule has 106 valence electrons. The van der Waals surface area contributed by atoms with Gasteiger partial charge < -0.3 is 14.5 Å². The first-order chi connectivity index (χ1) is 9.65. The molecule has 20 heavy (non-hydrogen) atoms. The molecule has 2 aromatic rings. The van der Waals surface area contributed by atoms with Crippen LogP contribution in [0.2, 0.25) is 0 Å². The van der Waals surface area contributed by atoms with Crippen LogP contribution >= 0.6 is 0 Å². The molecular formula is C14H17N3O3. The largest absolute Gasteiger partial charge is 0.425 e. The molecule has 0 fully saturated rings. The van der Waals surface area contributed by atoms with Gasteiger partial charge in [-0.1, -0.05) is 32.0 Å². The lowest BCUT2D eigenvalue weighted by Crippen LogP contribution is -2.28. The highest BCUT2D eigenvalue weighted by atomic mass is 16.6. The number of nitrogens with one attached hydrogen (secondary N) is 1. The molecule has 0 spiro atoms. The predicted octanol–water partition coefficient (Wildman–Crippen LogP) is 2.52. The van der Waals surface area contributed by atoms with Gasteiger partial charge in [0.1, 0.15) is 5.75 Å². The third-order valence-electron chi connectivity index (χ3n) is 2.54. The van der Waals surface area contributed by atoms with Crippen LogP contribution in [0.5, 0.6) is 5.75 Å². The van der Waals surface area contributed by atoms with E-state index in [4.69, 9.17) is 9.15 Å². The number of para-hydroxylation sites is 1. The highest BCUT2D eigenvalue weighted by molar-refractivity contribution is 5.70. The Bertz CT molecular complexity index is 552. The summed E-state index contributed by atoms with van der Waals surface area (Å²) in [5.41, 5.74) is 0. The van der Waals surface area contributed by atoms with Crippen LogP contribution in [-0.4, -0.2) is 22.8 Å². The Hall–Kier alpha value is -2.37. The van der Waals surface area contributed by atoms with Crippen molar-refractivity contribution in [2.24, 2.45) is 0 Å². The summed E-state index contributed by atoms with van der Waals surface area (Å²) in [7, 11) is 0. The van der Waals surface area contributed by atoms with Crippen molar-refractivity contribution in [1.82, 2.24) is 15.5 Å². The van der Waals surface area contributed by atoms with Crippen LogP contribution in [0.15, 0.2) is 34.7 Å². The summed E-state index contributed by atoms with van der Waals surface area (Å²) in [5, 5.41) is 10.5. The molecule has 1 N–H and O–H groups in total. The van der Waals surface area contributed by atoms with Crippen molar-refractivity contribution in [1.29, 1.82) is 0 Å². The molecule has 0 bridgehead atoms. The van der Waals surface area contributed by atoms with Gasteiger partial charge in [0, 0.05) is 18.9 Å². The fraction of sp³-hybridized carbons (Fsp3) is 0.357. The zero-order valence-electron chi connectivity index (χ0n) is 11.5. The van der Waals surface area contributed by atoms with Gasteiger partial charge in [0.2, 0.25) is 11.8 Å². The van der Waals surface area contributed by atoms with Gasteiger partial charge in [-0.15, -0.1) is 10.2 Å². The standard InChI is InChI=1S/C14H17N3O3/c1-10(2)13-17-16-12(20-13)8-9-15-14(18)19-11-6-4-3-5-7-11/h3-7,10H,8-9H2,1-2H3,(H,15,18). The zero-order chi connectivity index (χ0) is 14.4. The van der Waals surface area contributed by atoms with Crippen LogP contribution < -0.4 is 10.1 Å². The lowest BCUT2D eigenvalue weighted by molar-refractivity contribution is 0.200. The van der Waals surface area contributed by atoms with E-state index in [0.29, 0.717) is 30.5 Å². The molecule has 1 aromatic heterocycles. The molecule has 2 rings (SSSR count). The Morgan fingerprint density at radius 1 is 1.30 bits per heavy atom. The number of carbonyl (C=O) groups is 1. The van der Waals surface area contributed by atoms with E-state index < -0.39 is 6.09 Å². The predicted molar refractivity (Wildman–Crippen MR) is 72.6 cm³/mol. The van der Waals surface area contributed by atoms with Crippen molar-refractivity contribution >= 4 is 6.09 Å². The van der Waals surface area contributed by atoms with Gasteiger partial charge in [0.05, 0.1) is 0 Å². The van der Waals surface area contributed by atoms with Crippen LogP contribution in [-0.2, 0) is 6.42 Å². The molecule has 0 atom stereocenters. The van der Waals surface area contributed by atoms with Gasteiger partial charge in [0.25, 0.3) is 0 Å². The Morgan fingerprint density at radius 3 is 2.70 bits per heavy atom. The van der Waals surface area contributed by atoms with Gasteiger partial charge in [-0.05, 0) is 12.1 Å². The minimum Gasteiger partial charge on any atom is -0.425 e. The number of aromatic nitrogens is 2. The number of benzene rings is 1. The van der Waals surface area contributed by atoms with E-state index >= 15 is 0 Å². The Balaban J connectivity index is 1.73. The second-order valence-corrected chi connectivity index (χ2v) is 4.57. The summed E-state index contributed by atoms with van der Waals surface area (Å²) in [5.74, 6) is 1.82. The Kier molecular flexibility index (Phi) is 4.70. The summed E-state index contributed by atoms with van der Waals surface area (Å²) >= 11 is 0. The number of rotatable bonds is 5. The third kappa shape index (κ3) is 4.08. The number of amides is 1. The van der Waals surface area contributed by atoms with Crippen LogP contribution in [0, 0.1) is 0 Å². The normalized spacial score (nSPS) is 10.6. The lowest BCUT2D eigenvalue weighted by atomic mass is 10.2. The first kappa shape index (κ1) is 14.0. The topological polar surface area (TPSA) is 77.2 Å². The van der Waals surface area contributed by atoms with E-state index in [1.54, 1.807) is 24.3 Å². The maximum atomic E-state index is 11.5. The number of hydrogen-bond acceptors (Lipinski definition) is 5. The molecule has 0 saturated heterocycles. The van der Waals surface area contributed by atoms with Crippen molar-refractivity contribution in [2.75, 3.05) is 6.54 Å². The maximum absolute atomic E-state index is 11.5.